The summed E-state index contributed by atoms with van der Waals surface area (Å²) in [5.74, 6) is 0.167. The number of hydrogen-bond acceptors (Lipinski definition) is 8. The number of ether oxygens (including phenoxy) is 1. The van der Waals surface area contributed by atoms with Crippen LogP contribution in [0.3, 0.4) is 0 Å². The molecule has 0 spiro atoms. The fourth-order valence-corrected chi connectivity index (χ4v) is 4.46. The number of esters is 1. The van der Waals surface area contributed by atoms with Gasteiger partial charge in [-0.25, -0.2) is 9.78 Å². The van der Waals surface area contributed by atoms with E-state index < -0.39 is 5.97 Å². The molecule has 0 fully saturated rings. The smallest absolute Gasteiger partial charge is 0.350 e. The third-order valence-electron chi connectivity index (χ3n) is 4.25. The van der Waals surface area contributed by atoms with Gasteiger partial charge in [-0.3, -0.25) is 9.36 Å². The number of hydrogen-bond donors (Lipinski definition) is 1. The molecule has 31 heavy (non-hydrogen) atoms. The molecular weight excluding hydrogens is 434 g/mol. The van der Waals surface area contributed by atoms with Crippen molar-refractivity contribution in [3.05, 3.63) is 53.1 Å². The molecular formula is C21H23N5O3S2. The second-order valence-corrected chi connectivity index (χ2v) is 8.45. The molecule has 0 saturated heterocycles. The van der Waals surface area contributed by atoms with Gasteiger partial charge in [-0.2, -0.15) is 0 Å². The Labute approximate surface area is 188 Å². The molecule has 0 unspecified atom stereocenters. The van der Waals surface area contributed by atoms with Crippen molar-refractivity contribution >= 4 is 40.1 Å². The van der Waals surface area contributed by atoms with Gasteiger partial charge < -0.3 is 10.1 Å². The van der Waals surface area contributed by atoms with Crippen LogP contribution in [0.25, 0.3) is 11.4 Å². The first-order chi connectivity index (χ1) is 14.9. The summed E-state index contributed by atoms with van der Waals surface area (Å²) in [5.41, 5.74) is 2.60. The summed E-state index contributed by atoms with van der Waals surface area (Å²) in [6.45, 7) is 10.1. The van der Waals surface area contributed by atoms with E-state index in [1.54, 1.807) is 19.9 Å². The average Bonchev–Trinajstić information content (AvgIpc) is 3.30. The van der Waals surface area contributed by atoms with Gasteiger partial charge in [-0.1, -0.05) is 53.4 Å². The second kappa shape index (κ2) is 10.4. The maximum absolute atomic E-state index is 12.4. The van der Waals surface area contributed by atoms with Gasteiger partial charge in [0, 0.05) is 12.1 Å². The highest BCUT2D eigenvalue weighted by atomic mass is 32.2. The lowest BCUT2D eigenvalue weighted by Gasteiger charge is -2.09. The number of rotatable bonds is 9. The van der Waals surface area contributed by atoms with Crippen LogP contribution >= 0.6 is 23.1 Å². The second-order valence-electron chi connectivity index (χ2n) is 6.51. The average molecular weight is 458 g/mol. The van der Waals surface area contributed by atoms with Crippen LogP contribution in [0.2, 0.25) is 0 Å². The van der Waals surface area contributed by atoms with Gasteiger partial charge in [-0.15, -0.1) is 16.8 Å². The summed E-state index contributed by atoms with van der Waals surface area (Å²) < 4.78 is 6.93. The normalized spacial score (nSPS) is 10.7. The van der Waals surface area contributed by atoms with E-state index in [1.165, 1.54) is 11.8 Å². The molecule has 3 rings (SSSR count). The number of benzene rings is 1. The number of anilines is 1. The van der Waals surface area contributed by atoms with Crippen LogP contribution in [0.4, 0.5) is 5.13 Å². The Bertz CT molecular complexity index is 1110. The fraction of sp³-hybridized carbons (Fsp3) is 0.286. The highest BCUT2D eigenvalue weighted by Gasteiger charge is 2.19. The van der Waals surface area contributed by atoms with E-state index in [4.69, 9.17) is 4.74 Å². The Balaban J connectivity index is 1.69. The number of thioether (sulfide) groups is 1. The van der Waals surface area contributed by atoms with Crippen LogP contribution in [-0.4, -0.2) is 44.0 Å². The van der Waals surface area contributed by atoms with Gasteiger partial charge in [0.1, 0.15) is 4.88 Å². The van der Waals surface area contributed by atoms with Crippen LogP contribution in [0.1, 0.15) is 27.9 Å². The van der Waals surface area contributed by atoms with Crippen molar-refractivity contribution in [3.8, 4) is 11.4 Å². The first kappa shape index (κ1) is 22.7. The lowest BCUT2D eigenvalue weighted by Crippen LogP contribution is -2.14. The van der Waals surface area contributed by atoms with E-state index in [0.29, 0.717) is 27.4 Å². The minimum absolute atomic E-state index is 0.121. The molecule has 1 N–H and O–H groups in total. The first-order valence-electron chi connectivity index (χ1n) is 9.61. The molecule has 10 heteroatoms. The van der Waals surface area contributed by atoms with E-state index in [9.17, 15) is 9.59 Å². The van der Waals surface area contributed by atoms with Gasteiger partial charge in [0.05, 0.1) is 18.1 Å². The third-order valence-corrected chi connectivity index (χ3v) is 6.27. The molecule has 8 nitrogen and oxygen atoms in total. The number of nitrogens with one attached hydrogen (secondary N) is 1. The quantitative estimate of drug-likeness (QED) is 0.293. The van der Waals surface area contributed by atoms with Crippen LogP contribution < -0.4 is 5.32 Å². The summed E-state index contributed by atoms with van der Waals surface area (Å²) in [6.07, 6.45) is 1.77. The molecule has 162 valence electrons. The van der Waals surface area contributed by atoms with Crippen molar-refractivity contribution < 1.29 is 14.3 Å². The number of carbonyl (C=O) groups excluding carboxylic acids is 2. The predicted octanol–water partition coefficient (Wildman–Crippen LogP) is 4.11. The van der Waals surface area contributed by atoms with Gasteiger partial charge >= 0.3 is 5.97 Å². The largest absolute Gasteiger partial charge is 0.462 e. The van der Waals surface area contributed by atoms with Gasteiger partial charge in [0.2, 0.25) is 5.91 Å². The third kappa shape index (κ3) is 5.39. The minimum Gasteiger partial charge on any atom is -0.462 e. The Hall–Kier alpha value is -2.98. The topological polar surface area (TPSA) is 99.0 Å². The van der Waals surface area contributed by atoms with Gasteiger partial charge in [0.25, 0.3) is 0 Å². The van der Waals surface area contributed by atoms with E-state index in [1.807, 2.05) is 35.8 Å². The highest BCUT2D eigenvalue weighted by molar-refractivity contribution is 7.99. The van der Waals surface area contributed by atoms with Crippen molar-refractivity contribution in [2.75, 3.05) is 17.7 Å². The molecule has 0 aliphatic heterocycles. The SMILES string of the molecule is C=CCn1c(SCC(=O)Nc2nc(C)c(C(=O)OCC)s2)nnc1-c1ccccc1C. The number of nitrogens with zero attached hydrogens (tertiary/aromatic N) is 4. The lowest BCUT2D eigenvalue weighted by atomic mass is 10.1. The highest BCUT2D eigenvalue weighted by Crippen LogP contribution is 2.27. The molecule has 0 radical (unpaired) electrons. The van der Waals surface area contributed by atoms with E-state index in [2.05, 4.69) is 27.1 Å². The molecule has 0 aliphatic carbocycles. The van der Waals surface area contributed by atoms with E-state index >= 15 is 0 Å². The number of thiazole rings is 1. The maximum Gasteiger partial charge on any atom is 0.350 e. The van der Waals surface area contributed by atoms with Crippen molar-refractivity contribution in [3.63, 3.8) is 0 Å². The monoisotopic (exact) mass is 457 g/mol. The predicted molar refractivity (Wildman–Crippen MR) is 123 cm³/mol. The lowest BCUT2D eigenvalue weighted by molar-refractivity contribution is -0.113. The van der Waals surface area contributed by atoms with Crippen LogP contribution in [0.5, 0.6) is 0 Å². The number of aryl methyl sites for hydroxylation is 2. The number of carbonyl (C=O) groups is 2. The van der Waals surface area contributed by atoms with Crippen LogP contribution in [-0.2, 0) is 16.1 Å². The molecule has 0 saturated carbocycles. The molecule has 1 amide bonds. The van der Waals surface area contributed by atoms with Crippen molar-refractivity contribution in [1.82, 2.24) is 19.7 Å². The van der Waals surface area contributed by atoms with E-state index in [-0.39, 0.29) is 18.3 Å². The Kier molecular flexibility index (Phi) is 7.59. The zero-order valence-electron chi connectivity index (χ0n) is 17.5. The molecule has 0 atom stereocenters. The van der Waals surface area contributed by atoms with Crippen molar-refractivity contribution in [2.45, 2.75) is 32.5 Å². The fourth-order valence-electron chi connectivity index (χ4n) is 2.83. The zero-order chi connectivity index (χ0) is 22.4. The van der Waals surface area contributed by atoms with Crippen molar-refractivity contribution in [2.24, 2.45) is 0 Å². The minimum atomic E-state index is -0.436. The standard InChI is InChI=1S/C21H23N5O3S2/c1-5-11-26-18(15-10-8-7-9-13(15)3)24-25-21(26)30-12-16(27)23-20-22-14(4)17(31-20)19(28)29-6-2/h5,7-10H,1,6,11-12H2,2-4H3,(H,22,23,27). The molecule has 1 aromatic carbocycles. The zero-order valence-corrected chi connectivity index (χ0v) is 19.2. The number of aromatic nitrogens is 4. The van der Waals surface area contributed by atoms with Gasteiger partial charge in [-0.05, 0) is 26.3 Å². The summed E-state index contributed by atoms with van der Waals surface area (Å²) in [7, 11) is 0. The molecule has 2 heterocycles. The first-order valence-corrected chi connectivity index (χ1v) is 11.4. The Morgan fingerprint density at radius 3 is 2.77 bits per heavy atom. The van der Waals surface area contributed by atoms with E-state index in [0.717, 1.165) is 28.3 Å². The molecule has 2 aromatic heterocycles. The van der Waals surface area contributed by atoms with Crippen LogP contribution in [0, 0.1) is 13.8 Å². The molecule has 0 bridgehead atoms. The maximum atomic E-state index is 12.4. The number of amides is 1. The Morgan fingerprint density at radius 2 is 2.06 bits per heavy atom. The van der Waals surface area contributed by atoms with Crippen molar-refractivity contribution in [1.29, 1.82) is 0 Å². The summed E-state index contributed by atoms with van der Waals surface area (Å²) in [5, 5.41) is 12.3. The number of allylic oxidation sites excluding steroid dienone is 1. The molecule has 0 aliphatic rings. The van der Waals surface area contributed by atoms with Gasteiger partial charge in [0.15, 0.2) is 16.1 Å². The summed E-state index contributed by atoms with van der Waals surface area (Å²) in [6, 6.07) is 7.94. The summed E-state index contributed by atoms with van der Waals surface area (Å²) in [4.78, 5) is 29.0. The summed E-state index contributed by atoms with van der Waals surface area (Å²) >= 11 is 2.37. The van der Waals surface area contributed by atoms with Crippen LogP contribution in [0.15, 0.2) is 42.1 Å². The Morgan fingerprint density at radius 1 is 1.29 bits per heavy atom. The molecule has 3 aromatic rings.